The van der Waals surface area contributed by atoms with Crippen LogP contribution in [0.15, 0.2) is 12.4 Å². The molecule has 0 fully saturated rings. The Kier molecular flexibility index (Phi) is 6.09. The first-order chi connectivity index (χ1) is 6.18. The summed E-state index contributed by atoms with van der Waals surface area (Å²) in [7, 11) is 0. The Morgan fingerprint density at radius 1 is 1.53 bits per heavy atom. The second-order valence-electron chi connectivity index (χ2n) is 2.96. The van der Waals surface area contributed by atoms with Crippen LogP contribution in [0.2, 0.25) is 0 Å². The van der Waals surface area contributed by atoms with E-state index in [2.05, 4.69) is 17.4 Å². The van der Waals surface area contributed by atoms with Crippen LogP contribution in [0.4, 0.5) is 0 Å². The molecule has 0 saturated heterocycles. The second-order valence-corrected chi connectivity index (χ2v) is 2.96. The Morgan fingerprint density at radius 3 is 2.80 bits per heavy atom. The summed E-state index contributed by atoms with van der Waals surface area (Å²) in [6.45, 7) is 3.41. The van der Waals surface area contributed by atoms with Gasteiger partial charge in [-0.25, -0.2) is 6.07 Å². The van der Waals surface area contributed by atoms with E-state index in [9.17, 15) is 4.79 Å². The number of imidazole rings is 1. The van der Waals surface area contributed by atoms with Gasteiger partial charge < -0.3 is 14.2 Å². The molecule has 0 spiro atoms. The number of aryl methyl sites for hydroxylation is 1. The van der Waals surface area contributed by atoms with Gasteiger partial charge in [0.05, 0.1) is 5.78 Å². The van der Waals surface area contributed by atoms with Gasteiger partial charge in [-0.05, 0) is 6.92 Å². The standard InChI is InChI=1S/C10H8N2O.W.Y/c1-7-3-9-4-11-6-12(9)5-10(7)8(2)13;;/h4-5H,1-2H3;;/q-2;;. The predicted molar refractivity (Wildman–Crippen MR) is 47.6 cm³/mol. The molecule has 2 aromatic rings. The van der Waals surface area contributed by atoms with Gasteiger partial charge in [0, 0.05) is 60.1 Å². The molecule has 0 unspecified atom stereocenters. The first-order valence-electron chi connectivity index (χ1n) is 3.97. The van der Waals surface area contributed by atoms with Gasteiger partial charge in [0.15, 0.2) is 0 Å². The topological polar surface area (TPSA) is 34.4 Å². The maximum Gasteiger partial charge on any atom is 0.0988 e. The van der Waals surface area contributed by atoms with Crippen molar-refractivity contribution in [2.24, 2.45) is 0 Å². The van der Waals surface area contributed by atoms with Crippen molar-refractivity contribution in [3.05, 3.63) is 35.9 Å². The fraction of sp³-hybridized carbons (Fsp3) is 0.200. The van der Waals surface area contributed by atoms with Gasteiger partial charge in [0.2, 0.25) is 0 Å². The minimum atomic E-state index is 0. The predicted octanol–water partition coefficient (Wildman–Crippen LogP) is 1.44. The summed E-state index contributed by atoms with van der Waals surface area (Å²) in [5.41, 5.74) is 2.36. The van der Waals surface area contributed by atoms with Gasteiger partial charge in [-0.15, -0.1) is 17.3 Å². The van der Waals surface area contributed by atoms with Crippen molar-refractivity contribution in [3.63, 3.8) is 0 Å². The minimum Gasteiger partial charge on any atom is -0.457 e. The molecule has 0 saturated carbocycles. The number of carbonyl (C=O) groups is 1. The fourth-order valence-electron chi connectivity index (χ4n) is 1.30. The van der Waals surface area contributed by atoms with Crippen LogP contribution in [0.25, 0.3) is 5.52 Å². The molecule has 75 valence electrons. The van der Waals surface area contributed by atoms with Crippen molar-refractivity contribution in [2.45, 2.75) is 13.8 Å². The molecular formula is C10H8N2OWY-2. The average Bonchev–Trinajstić information content (AvgIpc) is 2.48. The third kappa shape index (κ3) is 3.06. The van der Waals surface area contributed by atoms with Crippen LogP contribution in [0.1, 0.15) is 22.8 Å². The van der Waals surface area contributed by atoms with E-state index in [0.717, 1.165) is 11.1 Å². The molecule has 15 heavy (non-hydrogen) atoms. The van der Waals surface area contributed by atoms with Crippen molar-refractivity contribution in [3.8, 4) is 0 Å². The van der Waals surface area contributed by atoms with Crippen molar-refractivity contribution < 1.29 is 58.6 Å². The maximum atomic E-state index is 11.2. The molecule has 0 bridgehead atoms. The Hall–Kier alpha value is 0.152. The van der Waals surface area contributed by atoms with Gasteiger partial charge in [-0.3, -0.25) is 0 Å². The summed E-state index contributed by atoms with van der Waals surface area (Å²) >= 11 is 0. The molecule has 0 atom stereocenters. The normalized spacial score (nSPS) is 9.20. The van der Waals surface area contributed by atoms with Crippen molar-refractivity contribution >= 4 is 11.3 Å². The van der Waals surface area contributed by atoms with Crippen molar-refractivity contribution in [1.82, 2.24) is 9.38 Å². The number of nitrogens with zero attached hydrogens (tertiary/aromatic N) is 2. The van der Waals surface area contributed by atoms with Gasteiger partial charge >= 0.3 is 0 Å². The molecule has 0 N–H and O–H groups in total. The van der Waals surface area contributed by atoms with E-state index < -0.39 is 0 Å². The first-order valence-corrected chi connectivity index (χ1v) is 3.97. The van der Waals surface area contributed by atoms with Crippen LogP contribution < -0.4 is 0 Å². The van der Waals surface area contributed by atoms with E-state index in [0.29, 0.717) is 5.56 Å². The van der Waals surface area contributed by atoms with Gasteiger partial charge in [0.1, 0.15) is 0 Å². The summed E-state index contributed by atoms with van der Waals surface area (Å²) in [4.78, 5) is 15.0. The van der Waals surface area contributed by atoms with Gasteiger partial charge in [-0.2, -0.15) is 5.56 Å². The first kappa shape index (κ1) is 15.2. The molecule has 0 aliphatic carbocycles. The molecular weight excluding hydrogens is 437 g/mol. The summed E-state index contributed by atoms with van der Waals surface area (Å²) < 4.78 is 1.67. The maximum absolute atomic E-state index is 11.2. The molecule has 2 heterocycles. The number of pyridine rings is 1. The number of fused-ring (bicyclic) bond motifs is 1. The quantitative estimate of drug-likeness (QED) is 0.493. The van der Waals surface area contributed by atoms with Crippen LogP contribution in [0, 0.1) is 19.3 Å². The molecule has 0 aliphatic rings. The zero-order valence-corrected chi connectivity index (χ0v) is 14.2. The van der Waals surface area contributed by atoms with E-state index in [1.165, 1.54) is 0 Å². The van der Waals surface area contributed by atoms with Crippen LogP contribution >= 0.6 is 0 Å². The average molecular weight is 445 g/mol. The number of Topliss-reactive ketones (excluding diaryl/α,β-unsaturated/α-hetero) is 1. The molecule has 3 nitrogen and oxygen atoms in total. The summed E-state index contributed by atoms with van der Waals surface area (Å²) in [6.07, 6.45) is 6.12. The van der Waals surface area contributed by atoms with Crippen LogP contribution in [-0.4, -0.2) is 15.2 Å². The number of carbonyl (C=O) groups excluding carboxylic acids is 1. The van der Waals surface area contributed by atoms with Crippen LogP contribution in [0.3, 0.4) is 0 Å². The molecule has 0 aromatic carbocycles. The second kappa shape index (κ2) is 6.03. The summed E-state index contributed by atoms with van der Waals surface area (Å²) in [5.74, 6) is 0.0396. The minimum absolute atomic E-state index is 0. The zero-order valence-electron chi connectivity index (χ0n) is 8.44. The van der Waals surface area contributed by atoms with E-state index in [1.54, 1.807) is 23.7 Å². The molecule has 1 radical (unpaired) electrons. The number of aromatic nitrogens is 2. The number of hydrogen-bond donors (Lipinski definition) is 0. The summed E-state index contributed by atoms with van der Waals surface area (Å²) in [6, 6.07) is 3.07. The molecule has 0 aliphatic heterocycles. The van der Waals surface area contributed by atoms with E-state index in [4.69, 9.17) is 0 Å². The monoisotopic (exact) mass is 445 g/mol. The Bertz CT molecular complexity index is 481. The van der Waals surface area contributed by atoms with Gasteiger partial charge in [-0.1, -0.05) is 13.1 Å². The zero-order chi connectivity index (χ0) is 9.42. The number of ketones is 1. The molecule has 2 rings (SSSR count). The van der Waals surface area contributed by atoms with Crippen LogP contribution in [-0.2, 0) is 53.8 Å². The third-order valence-corrected chi connectivity index (χ3v) is 1.97. The largest absolute Gasteiger partial charge is 0.457 e. The van der Waals surface area contributed by atoms with Crippen LogP contribution in [0.5, 0.6) is 0 Å². The third-order valence-electron chi connectivity index (χ3n) is 1.97. The molecule has 5 heteroatoms. The Balaban J connectivity index is 0.000000980. The van der Waals surface area contributed by atoms with Gasteiger partial charge in [0.25, 0.3) is 0 Å². The number of rotatable bonds is 1. The van der Waals surface area contributed by atoms with E-state index in [1.807, 2.05) is 6.92 Å². The SMILES string of the molecule is CC(=O)c1cn2[c-]ncc2[c-]c1C.[W].[Y]. The molecule has 2 aromatic heterocycles. The smallest absolute Gasteiger partial charge is 0.0988 e. The Morgan fingerprint density at radius 2 is 2.20 bits per heavy atom. The fourth-order valence-corrected chi connectivity index (χ4v) is 1.30. The van der Waals surface area contributed by atoms with E-state index >= 15 is 0 Å². The van der Waals surface area contributed by atoms with Crippen molar-refractivity contribution in [1.29, 1.82) is 0 Å². The Labute approximate surface area is 128 Å². The van der Waals surface area contributed by atoms with Crippen molar-refractivity contribution in [2.75, 3.05) is 0 Å². The summed E-state index contributed by atoms with van der Waals surface area (Å²) in [5, 5.41) is 0. The number of hydrogen-bond acceptors (Lipinski definition) is 2. The van der Waals surface area contributed by atoms with E-state index in [-0.39, 0.29) is 59.6 Å². The molecule has 0 amide bonds.